The van der Waals surface area contributed by atoms with Crippen molar-refractivity contribution >= 4 is 39.2 Å². The summed E-state index contributed by atoms with van der Waals surface area (Å²) in [6.07, 6.45) is 2.18. The second-order valence-electron chi connectivity index (χ2n) is 4.82. The number of ether oxygens (including phenoxy) is 1. The van der Waals surface area contributed by atoms with E-state index in [0.717, 1.165) is 6.42 Å². The van der Waals surface area contributed by atoms with Crippen molar-refractivity contribution in [3.8, 4) is 0 Å². The number of aromatic nitrogens is 2. The highest BCUT2D eigenvalue weighted by Gasteiger charge is 2.11. The van der Waals surface area contributed by atoms with E-state index < -0.39 is 0 Å². The number of nitrogens with zero attached hydrogens (tertiary/aromatic N) is 2. The van der Waals surface area contributed by atoms with Gasteiger partial charge in [0, 0.05) is 24.7 Å². The normalized spacial score (nSPS) is 10.2. The van der Waals surface area contributed by atoms with Gasteiger partial charge < -0.3 is 15.8 Å². The van der Waals surface area contributed by atoms with Crippen LogP contribution in [0.15, 0.2) is 35.1 Å². The Balaban J connectivity index is 1.97. The molecule has 24 heavy (non-hydrogen) atoms. The molecular weight excluding hydrogens is 376 g/mol. The summed E-state index contributed by atoms with van der Waals surface area (Å²) in [6, 6.07) is 7.10. The fourth-order valence-corrected chi connectivity index (χ4v) is 2.35. The molecule has 128 valence electrons. The number of amides is 1. The summed E-state index contributed by atoms with van der Waals surface area (Å²) in [7, 11) is 1.65. The summed E-state index contributed by atoms with van der Waals surface area (Å²) >= 11 is 3.33. The summed E-state index contributed by atoms with van der Waals surface area (Å²) in [5, 5.41) is 3.10. The topological polar surface area (TPSA) is 114 Å². The monoisotopic (exact) mass is 394 g/mol. The SMILES string of the molecule is COCCCNc1ncnc(NNC(=O)c2ccccc2Br)c1N. The van der Waals surface area contributed by atoms with Gasteiger partial charge in [-0.2, -0.15) is 0 Å². The third-order valence-electron chi connectivity index (χ3n) is 3.11. The predicted molar refractivity (Wildman–Crippen MR) is 96.7 cm³/mol. The second kappa shape index (κ2) is 9.04. The first-order valence-electron chi connectivity index (χ1n) is 7.27. The first kappa shape index (κ1) is 18.0. The lowest BCUT2D eigenvalue weighted by atomic mass is 10.2. The van der Waals surface area contributed by atoms with E-state index in [4.69, 9.17) is 10.5 Å². The Morgan fingerprint density at radius 3 is 2.79 bits per heavy atom. The molecule has 2 rings (SSSR count). The molecule has 0 spiro atoms. The van der Waals surface area contributed by atoms with Crippen LogP contribution in [0, 0.1) is 0 Å². The molecule has 9 heteroatoms. The van der Waals surface area contributed by atoms with Crippen molar-refractivity contribution in [1.29, 1.82) is 0 Å². The van der Waals surface area contributed by atoms with Crippen LogP contribution in [-0.4, -0.2) is 36.1 Å². The maximum absolute atomic E-state index is 12.2. The summed E-state index contributed by atoms with van der Waals surface area (Å²) in [4.78, 5) is 20.3. The van der Waals surface area contributed by atoms with Crippen LogP contribution in [0.4, 0.5) is 17.3 Å². The number of hydrogen-bond acceptors (Lipinski definition) is 7. The van der Waals surface area contributed by atoms with E-state index in [0.29, 0.717) is 40.5 Å². The van der Waals surface area contributed by atoms with Crippen LogP contribution >= 0.6 is 15.9 Å². The molecule has 0 aliphatic carbocycles. The average molecular weight is 395 g/mol. The van der Waals surface area contributed by atoms with E-state index in [-0.39, 0.29) is 5.91 Å². The zero-order valence-electron chi connectivity index (χ0n) is 13.2. The second-order valence-corrected chi connectivity index (χ2v) is 5.67. The molecule has 0 bridgehead atoms. The third kappa shape index (κ3) is 4.80. The number of benzene rings is 1. The lowest BCUT2D eigenvalue weighted by molar-refractivity contribution is 0.0961. The van der Waals surface area contributed by atoms with Crippen molar-refractivity contribution in [3.63, 3.8) is 0 Å². The first-order chi connectivity index (χ1) is 11.6. The number of carbonyl (C=O) groups excluding carboxylic acids is 1. The fourth-order valence-electron chi connectivity index (χ4n) is 1.89. The molecule has 0 saturated carbocycles. The molecule has 0 radical (unpaired) electrons. The largest absolute Gasteiger partial charge is 0.393 e. The lowest BCUT2D eigenvalue weighted by Crippen LogP contribution is -2.30. The van der Waals surface area contributed by atoms with Gasteiger partial charge in [0.15, 0.2) is 11.6 Å². The fraction of sp³-hybridized carbons (Fsp3) is 0.267. The van der Waals surface area contributed by atoms with Gasteiger partial charge in [0.25, 0.3) is 5.91 Å². The van der Waals surface area contributed by atoms with Crippen molar-refractivity contribution < 1.29 is 9.53 Å². The minimum atomic E-state index is -0.310. The van der Waals surface area contributed by atoms with Crippen molar-refractivity contribution in [2.75, 3.05) is 36.7 Å². The van der Waals surface area contributed by atoms with Crippen molar-refractivity contribution in [3.05, 3.63) is 40.6 Å². The molecule has 5 N–H and O–H groups in total. The Morgan fingerprint density at radius 2 is 2.04 bits per heavy atom. The van der Waals surface area contributed by atoms with Crippen LogP contribution in [0.2, 0.25) is 0 Å². The molecule has 0 aliphatic rings. The number of hydrogen-bond donors (Lipinski definition) is 4. The number of carbonyl (C=O) groups is 1. The zero-order valence-corrected chi connectivity index (χ0v) is 14.8. The Bertz CT molecular complexity index is 697. The summed E-state index contributed by atoms with van der Waals surface area (Å²) in [5.74, 6) is 0.508. The number of nitrogens with one attached hydrogen (secondary N) is 3. The molecule has 2 aromatic rings. The Kier molecular flexibility index (Phi) is 6.76. The quantitative estimate of drug-likeness (QED) is 0.399. The molecule has 0 aliphatic heterocycles. The van der Waals surface area contributed by atoms with Crippen LogP contribution in [-0.2, 0) is 4.74 Å². The number of rotatable bonds is 8. The Hall–Kier alpha value is -2.39. The van der Waals surface area contributed by atoms with Crippen LogP contribution in [0.25, 0.3) is 0 Å². The van der Waals surface area contributed by atoms with E-state index in [1.54, 1.807) is 25.3 Å². The Labute approximate surface area is 148 Å². The highest BCUT2D eigenvalue weighted by atomic mass is 79.9. The van der Waals surface area contributed by atoms with Gasteiger partial charge in [0.05, 0.1) is 5.56 Å². The predicted octanol–water partition coefficient (Wildman–Crippen LogP) is 2.03. The van der Waals surface area contributed by atoms with E-state index in [1.807, 2.05) is 6.07 Å². The number of methoxy groups -OCH3 is 1. The molecule has 1 amide bonds. The van der Waals surface area contributed by atoms with Gasteiger partial charge in [-0.3, -0.25) is 15.6 Å². The van der Waals surface area contributed by atoms with Crippen LogP contribution in [0.5, 0.6) is 0 Å². The molecule has 1 aromatic heterocycles. The van der Waals surface area contributed by atoms with Crippen molar-refractivity contribution in [2.24, 2.45) is 0 Å². The first-order valence-corrected chi connectivity index (χ1v) is 8.07. The van der Waals surface area contributed by atoms with E-state index >= 15 is 0 Å². The molecule has 0 atom stereocenters. The molecule has 0 fully saturated rings. The molecule has 8 nitrogen and oxygen atoms in total. The van der Waals surface area contributed by atoms with Crippen LogP contribution in [0.1, 0.15) is 16.8 Å². The molecular formula is C15H19BrN6O2. The minimum Gasteiger partial charge on any atom is -0.393 e. The highest BCUT2D eigenvalue weighted by molar-refractivity contribution is 9.10. The molecule has 1 heterocycles. The molecule has 0 unspecified atom stereocenters. The number of nitrogen functional groups attached to an aromatic ring is 1. The summed E-state index contributed by atoms with van der Waals surface area (Å²) in [6.45, 7) is 1.31. The highest BCUT2D eigenvalue weighted by Crippen LogP contribution is 2.22. The van der Waals surface area contributed by atoms with E-state index in [2.05, 4.69) is 42.1 Å². The average Bonchev–Trinajstić information content (AvgIpc) is 2.59. The van der Waals surface area contributed by atoms with Gasteiger partial charge in [0.2, 0.25) is 0 Å². The number of nitrogens with two attached hydrogens (primary N) is 1. The maximum atomic E-state index is 12.2. The van der Waals surface area contributed by atoms with E-state index in [1.165, 1.54) is 6.33 Å². The van der Waals surface area contributed by atoms with Crippen molar-refractivity contribution in [2.45, 2.75) is 6.42 Å². The summed E-state index contributed by atoms with van der Waals surface area (Å²) < 4.78 is 5.68. The molecule has 0 saturated heterocycles. The lowest BCUT2D eigenvalue weighted by Gasteiger charge is -2.13. The van der Waals surface area contributed by atoms with E-state index in [9.17, 15) is 4.79 Å². The van der Waals surface area contributed by atoms with Gasteiger partial charge in [0.1, 0.15) is 12.0 Å². The number of halogens is 1. The van der Waals surface area contributed by atoms with Crippen LogP contribution < -0.4 is 21.9 Å². The minimum absolute atomic E-state index is 0.310. The zero-order chi connectivity index (χ0) is 17.4. The summed E-state index contributed by atoms with van der Waals surface area (Å²) in [5.41, 5.74) is 12.1. The van der Waals surface area contributed by atoms with Crippen molar-refractivity contribution in [1.82, 2.24) is 15.4 Å². The van der Waals surface area contributed by atoms with Gasteiger partial charge in [-0.1, -0.05) is 12.1 Å². The Morgan fingerprint density at radius 1 is 1.29 bits per heavy atom. The van der Waals surface area contributed by atoms with Gasteiger partial charge in [-0.25, -0.2) is 9.97 Å². The molecule has 1 aromatic carbocycles. The van der Waals surface area contributed by atoms with Gasteiger partial charge in [-0.15, -0.1) is 0 Å². The number of hydrazine groups is 1. The van der Waals surface area contributed by atoms with Gasteiger partial charge >= 0.3 is 0 Å². The standard InChI is InChI=1S/C15H19BrN6O2/c1-24-8-4-7-18-13-12(17)14(20-9-19-13)21-22-15(23)10-5-2-3-6-11(10)16/h2-3,5-6,9H,4,7-8,17H2,1H3,(H,22,23)(H2,18,19,20,21). The van der Waals surface area contributed by atoms with Gasteiger partial charge in [-0.05, 0) is 34.5 Å². The smallest absolute Gasteiger partial charge is 0.270 e. The maximum Gasteiger partial charge on any atom is 0.270 e. The van der Waals surface area contributed by atoms with Crippen LogP contribution in [0.3, 0.4) is 0 Å². The number of anilines is 3. The third-order valence-corrected chi connectivity index (χ3v) is 3.81.